The average Bonchev–Trinajstić information content (AvgIpc) is 2.58. The predicted molar refractivity (Wildman–Crippen MR) is 49.1 cm³/mol. The van der Waals surface area contributed by atoms with Crippen LogP contribution in [0.1, 0.15) is 5.82 Å². The summed E-state index contributed by atoms with van der Waals surface area (Å²) in [4.78, 5) is 5.48. The number of hydrogen-bond acceptors (Lipinski definition) is 3. The number of thiophene rings is 1. The molecule has 0 aliphatic heterocycles. The molecule has 0 aromatic carbocycles. The van der Waals surface area contributed by atoms with Crippen LogP contribution in [0.3, 0.4) is 0 Å². The highest BCUT2D eigenvalue weighted by Crippen LogP contribution is 2.21. The normalized spacial score (nSPS) is 10.5. The predicted octanol–water partition coefficient (Wildman–Crippen LogP) is 1.85. The lowest BCUT2D eigenvalue weighted by atomic mass is 10.4. The van der Waals surface area contributed by atoms with E-state index in [-0.39, 0.29) is 0 Å². The summed E-state index contributed by atoms with van der Waals surface area (Å²) in [6, 6.07) is 4.07. The summed E-state index contributed by atoms with van der Waals surface area (Å²) < 4.78 is 1.81. The van der Waals surface area contributed by atoms with E-state index in [1.807, 2.05) is 31.5 Å². The molecule has 0 aliphatic carbocycles. The van der Waals surface area contributed by atoms with Gasteiger partial charge in [-0.2, -0.15) is 5.10 Å². The smallest absolute Gasteiger partial charge is 0.168 e. The van der Waals surface area contributed by atoms with Gasteiger partial charge in [-0.15, -0.1) is 11.3 Å². The van der Waals surface area contributed by atoms with Crippen molar-refractivity contribution in [2.75, 3.05) is 0 Å². The van der Waals surface area contributed by atoms with E-state index in [0.717, 1.165) is 16.5 Å². The molecular weight excluding hydrogens is 170 g/mol. The van der Waals surface area contributed by atoms with Crippen LogP contribution in [0.25, 0.3) is 10.7 Å². The highest BCUT2D eigenvalue weighted by molar-refractivity contribution is 7.13. The Kier molecular flexibility index (Phi) is 1.69. The van der Waals surface area contributed by atoms with Gasteiger partial charge in [0.15, 0.2) is 5.82 Å². The first-order chi connectivity index (χ1) is 5.77. The minimum atomic E-state index is 0.820. The molecule has 2 aromatic heterocycles. The van der Waals surface area contributed by atoms with Gasteiger partial charge in [-0.05, 0) is 18.4 Å². The van der Waals surface area contributed by atoms with Gasteiger partial charge in [0.2, 0.25) is 0 Å². The van der Waals surface area contributed by atoms with E-state index in [1.54, 1.807) is 16.0 Å². The lowest BCUT2D eigenvalue weighted by Gasteiger charge is -1.93. The molecule has 0 amide bonds. The molecule has 0 atom stereocenters. The molecule has 3 nitrogen and oxygen atoms in total. The Morgan fingerprint density at radius 1 is 1.50 bits per heavy atom. The fourth-order valence-corrected chi connectivity index (χ4v) is 1.88. The lowest BCUT2D eigenvalue weighted by Crippen LogP contribution is -1.92. The number of rotatable bonds is 1. The highest BCUT2D eigenvalue weighted by atomic mass is 32.1. The van der Waals surface area contributed by atoms with Crippen molar-refractivity contribution in [3.05, 3.63) is 23.3 Å². The first kappa shape index (κ1) is 7.49. The first-order valence-electron chi connectivity index (χ1n) is 3.69. The number of nitrogens with zero attached hydrogens (tertiary/aromatic N) is 3. The van der Waals surface area contributed by atoms with Crippen molar-refractivity contribution in [1.82, 2.24) is 14.8 Å². The Balaban J connectivity index is 2.54. The molecule has 0 fully saturated rings. The van der Waals surface area contributed by atoms with Gasteiger partial charge in [-0.3, -0.25) is 0 Å². The quantitative estimate of drug-likeness (QED) is 0.669. The van der Waals surface area contributed by atoms with Crippen molar-refractivity contribution in [2.45, 2.75) is 6.92 Å². The summed E-state index contributed by atoms with van der Waals surface area (Å²) in [7, 11) is 1.91. The van der Waals surface area contributed by atoms with Gasteiger partial charge in [-0.1, -0.05) is 6.07 Å². The molecular formula is C8H9N3S. The Bertz CT molecular complexity index is 375. The first-order valence-corrected chi connectivity index (χ1v) is 4.57. The van der Waals surface area contributed by atoms with Gasteiger partial charge >= 0.3 is 0 Å². The molecule has 4 heteroatoms. The molecule has 0 saturated heterocycles. The summed E-state index contributed by atoms with van der Waals surface area (Å²) in [6.07, 6.45) is 0. The van der Waals surface area contributed by atoms with Crippen LogP contribution < -0.4 is 0 Å². The van der Waals surface area contributed by atoms with Crippen molar-refractivity contribution >= 4 is 11.3 Å². The van der Waals surface area contributed by atoms with Crippen molar-refractivity contribution in [3.63, 3.8) is 0 Å². The zero-order valence-electron chi connectivity index (χ0n) is 6.98. The summed E-state index contributed by atoms with van der Waals surface area (Å²) >= 11 is 1.68. The average molecular weight is 179 g/mol. The SMILES string of the molecule is Cc1nc(-c2cccs2)n(C)n1. The third kappa shape index (κ3) is 1.14. The van der Waals surface area contributed by atoms with Gasteiger partial charge in [0.05, 0.1) is 4.88 Å². The molecule has 0 N–H and O–H groups in total. The highest BCUT2D eigenvalue weighted by Gasteiger charge is 2.06. The summed E-state index contributed by atoms with van der Waals surface area (Å²) in [5, 5.41) is 6.22. The van der Waals surface area contributed by atoms with Crippen molar-refractivity contribution < 1.29 is 0 Å². The molecule has 0 spiro atoms. The van der Waals surface area contributed by atoms with E-state index >= 15 is 0 Å². The Labute approximate surface area is 74.7 Å². The van der Waals surface area contributed by atoms with Crippen LogP contribution >= 0.6 is 11.3 Å². The molecule has 0 saturated carbocycles. The van der Waals surface area contributed by atoms with E-state index in [0.29, 0.717) is 0 Å². The molecule has 12 heavy (non-hydrogen) atoms. The summed E-state index contributed by atoms with van der Waals surface area (Å²) in [6.45, 7) is 1.90. The minimum Gasteiger partial charge on any atom is -0.248 e. The second-order valence-electron chi connectivity index (χ2n) is 2.58. The number of hydrogen-bond donors (Lipinski definition) is 0. The lowest BCUT2D eigenvalue weighted by molar-refractivity contribution is 0.765. The van der Waals surface area contributed by atoms with Crippen LogP contribution in [0.15, 0.2) is 17.5 Å². The second kappa shape index (κ2) is 2.71. The largest absolute Gasteiger partial charge is 0.248 e. The second-order valence-corrected chi connectivity index (χ2v) is 3.53. The fraction of sp³-hybridized carbons (Fsp3) is 0.250. The van der Waals surface area contributed by atoms with Crippen molar-refractivity contribution in [3.8, 4) is 10.7 Å². The van der Waals surface area contributed by atoms with Crippen LogP contribution in [0.5, 0.6) is 0 Å². The molecule has 0 bridgehead atoms. The van der Waals surface area contributed by atoms with Gasteiger partial charge in [-0.25, -0.2) is 9.67 Å². The van der Waals surface area contributed by atoms with E-state index in [9.17, 15) is 0 Å². The third-order valence-corrected chi connectivity index (χ3v) is 2.48. The maximum Gasteiger partial charge on any atom is 0.168 e. The maximum atomic E-state index is 4.31. The van der Waals surface area contributed by atoms with Crippen LogP contribution in [0.2, 0.25) is 0 Å². The Hall–Kier alpha value is -1.16. The van der Waals surface area contributed by atoms with E-state index in [4.69, 9.17) is 0 Å². The van der Waals surface area contributed by atoms with Crippen molar-refractivity contribution in [1.29, 1.82) is 0 Å². The van der Waals surface area contributed by atoms with Crippen LogP contribution in [0, 0.1) is 6.92 Å². The van der Waals surface area contributed by atoms with E-state index < -0.39 is 0 Å². The number of aryl methyl sites for hydroxylation is 2. The van der Waals surface area contributed by atoms with Gasteiger partial charge in [0, 0.05) is 7.05 Å². The van der Waals surface area contributed by atoms with Crippen LogP contribution in [-0.2, 0) is 7.05 Å². The van der Waals surface area contributed by atoms with Crippen molar-refractivity contribution in [2.24, 2.45) is 7.05 Å². The molecule has 2 aromatic rings. The van der Waals surface area contributed by atoms with E-state index in [2.05, 4.69) is 10.1 Å². The topological polar surface area (TPSA) is 30.7 Å². The summed E-state index contributed by atoms with van der Waals surface area (Å²) in [5.41, 5.74) is 0. The molecule has 0 unspecified atom stereocenters. The zero-order valence-corrected chi connectivity index (χ0v) is 7.80. The number of aromatic nitrogens is 3. The van der Waals surface area contributed by atoms with Gasteiger partial charge in [0.1, 0.15) is 5.82 Å². The molecule has 62 valence electrons. The summed E-state index contributed by atoms with van der Waals surface area (Å²) in [5.74, 6) is 1.77. The van der Waals surface area contributed by atoms with E-state index in [1.165, 1.54) is 0 Å². The van der Waals surface area contributed by atoms with Gasteiger partial charge in [0.25, 0.3) is 0 Å². The third-order valence-electron chi connectivity index (χ3n) is 1.61. The maximum absolute atomic E-state index is 4.31. The zero-order chi connectivity index (χ0) is 8.55. The van der Waals surface area contributed by atoms with Gasteiger partial charge < -0.3 is 0 Å². The Morgan fingerprint density at radius 2 is 2.33 bits per heavy atom. The molecule has 2 heterocycles. The fourth-order valence-electron chi connectivity index (χ4n) is 1.13. The monoisotopic (exact) mass is 179 g/mol. The van der Waals surface area contributed by atoms with Crippen LogP contribution in [0.4, 0.5) is 0 Å². The molecule has 0 aliphatic rings. The van der Waals surface area contributed by atoms with Crippen LogP contribution in [-0.4, -0.2) is 14.8 Å². The molecule has 0 radical (unpaired) electrons. The standard InChI is InChI=1S/C8H9N3S/c1-6-9-8(11(2)10-6)7-4-3-5-12-7/h3-5H,1-2H3. The minimum absolute atomic E-state index is 0.820. The molecule has 2 rings (SSSR count). The Morgan fingerprint density at radius 3 is 2.83 bits per heavy atom.